The Morgan fingerprint density at radius 3 is 2.00 bits per heavy atom. The van der Waals surface area contributed by atoms with Gasteiger partial charge in [-0.15, -0.1) is 0 Å². The van der Waals surface area contributed by atoms with Gasteiger partial charge in [0, 0.05) is 30.3 Å². The van der Waals surface area contributed by atoms with E-state index in [1.807, 2.05) is 0 Å². The minimum atomic E-state index is 0.767. The van der Waals surface area contributed by atoms with E-state index in [0.29, 0.717) is 0 Å². The van der Waals surface area contributed by atoms with E-state index in [4.69, 9.17) is 0 Å². The summed E-state index contributed by atoms with van der Waals surface area (Å²) < 4.78 is 0. The summed E-state index contributed by atoms with van der Waals surface area (Å²) in [6, 6.07) is 0. The van der Waals surface area contributed by atoms with Gasteiger partial charge in [0.05, 0.1) is 0 Å². The molecule has 0 aromatic heterocycles. The second-order valence-corrected chi connectivity index (χ2v) is 10.3. The van der Waals surface area contributed by atoms with Gasteiger partial charge in [0.25, 0.3) is 0 Å². The lowest BCUT2D eigenvalue weighted by atomic mass is 9.99. The summed E-state index contributed by atoms with van der Waals surface area (Å²) in [5.41, 5.74) is 1.56. The van der Waals surface area contributed by atoms with Crippen molar-refractivity contribution in [1.29, 1.82) is 0 Å². The maximum atomic E-state index is 2.66. The van der Waals surface area contributed by atoms with E-state index in [-0.39, 0.29) is 0 Å². The summed E-state index contributed by atoms with van der Waals surface area (Å²) in [5.74, 6) is 5.88. The van der Waals surface area contributed by atoms with Crippen molar-refractivity contribution in [1.82, 2.24) is 9.80 Å². The number of hydrogen-bond donors (Lipinski definition) is 0. The van der Waals surface area contributed by atoms with Crippen LogP contribution in [0.1, 0.15) is 44.9 Å². The van der Waals surface area contributed by atoms with Crippen LogP contribution in [0.5, 0.6) is 0 Å². The van der Waals surface area contributed by atoms with Gasteiger partial charge in [-0.3, -0.25) is 0 Å². The summed E-state index contributed by atoms with van der Waals surface area (Å²) in [6.07, 6.45) is 17.2. The molecule has 0 amide bonds. The lowest BCUT2D eigenvalue weighted by Crippen LogP contribution is -2.31. The predicted octanol–water partition coefficient (Wildman–Crippen LogP) is 4.93. The largest absolute Gasteiger partial charge is 0.303 e. The fourth-order valence-electron chi connectivity index (χ4n) is 4.12. The van der Waals surface area contributed by atoms with Crippen molar-refractivity contribution in [3.05, 3.63) is 23.8 Å². The standard InChI is InChI=1S/C22H38N2S2/c1-3-11-23(12-4-1)15-17-25-19-21-7-9-22(10-8-21)20-26-18-16-24-13-5-2-6-14-24/h7-9,22H,1-6,10-20H2. The zero-order chi connectivity index (χ0) is 17.9. The van der Waals surface area contributed by atoms with Crippen LogP contribution in [0.4, 0.5) is 0 Å². The first-order valence-corrected chi connectivity index (χ1v) is 13.2. The molecule has 2 nitrogen and oxygen atoms in total. The number of likely N-dealkylation sites (tertiary alicyclic amines) is 2. The van der Waals surface area contributed by atoms with Crippen LogP contribution >= 0.6 is 23.5 Å². The molecule has 0 aromatic carbocycles. The number of hydrogen-bond acceptors (Lipinski definition) is 4. The monoisotopic (exact) mass is 394 g/mol. The Labute approximate surface area is 170 Å². The summed E-state index contributed by atoms with van der Waals surface area (Å²) in [6.45, 7) is 7.94. The quantitative estimate of drug-likeness (QED) is 0.485. The fourth-order valence-corrected chi connectivity index (χ4v) is 6.20. The van der Waals surface area contributed by atoms with Gasteiger partial charge >= 0.3 is 0 Å². The summed E-state index contributed by atoms with van der Waals surface area (Å²) in [4.78, 5) is 5.31. The number of nitrogens with zero attached hydrogens (tertiary/aromatic N) is 2. The van der Waals surface area contributed by atoms with Crippen molar-refractivity contribution < 1.29 is 0 Å². The van der Waals surface area contributed by atoms with Gasteiger partial charge in [0.1, 0.15) is 0 Å². The number of piperidine rings is 2. The highest BCUT2D eigenvalue weighted by atomic mass is 32.2. The SMILES string of the molecule is C1=CC(CSCCN2CCCCC2)CC=C1CSCCN1CCCCC1. The van der Waals surface area contributed by atoms with Crippen molar-refractivity contribution in [2.75, 3.05) is 62.3 Å². The molecule has 1 aliphatic carbocycles. The molecule has 4 heteroatoms. The molecular weight excluding hydrogens is 356 g/mol. The predicted molar refractivity (Wildman–Crippen MR) is 121 cm³/mol. The molecule has 2 aliphatic heterocycles. The molecule has 0 N–H and O–H groups in total. The third-order valence-corrected chi connectivity index (χ3v) is 8.01. The summed E-state index contributed by atoms with van der Waals surface area (Å²) >= 11 is 4.28. The molecule has 0 saturated carbocycles. The first-order valence-electron chi connectivity index (χ1n) is 10.9. The normalized spacial score (nSPS) is 25.4. The van der Waals surface area contributed by atoms with Gasteiger partial charge in [-0.1, -0.05) is 31.1 Å². The van der Waals surface area contributed by atoms with Crippen LogP contribution in [0.15, 0.2) is 23.8 Å². The fraction of sp³-hybridized carbons (Fsp3) is 0.818. The van der Waals surface area contributed by atoms with Gasteiger partial charge in [-0.2, -0.15) is 23.5 Å². The van der Waals surface area contributed by atoms with Gasteiger partial charge < -0.3 is 9.80 Å². The average molecular weight is 395 g/mol. The van der Waals surface area contributed by atoms with Crippen LogP contribution < -0.4 is 0 Å². The second kappa shape index (κ2) is 12.5. The topological polar surface area (TPSA) is 6.48 Å². The first-order chi connectivity index (χ1) is 12.9. The Morgan fingerprint density at radius 1 is 0.808 bits per heavy atom. The Kier molecular flexibility index (Phi) is 10.0. The molecule has 0 bridgehead atoms. The van der Waals surface area contributed by atoms with Crippen LogP contribution in [-0.4, -0.2) is 72.1 Å². The van der Waals surface area contributed by atoms with Crippen molar-refractivity contribution in [2.45, 2.75) is 44.9 Å². The molecule has 26 heavy (non-hydrogen) atoms. The molecule has 0 aromatic rings. The van der Waals surface area contributed by atoms with Gasteiger partial charge in [0.15, 0.2) is 0 Å². The lowest BCUT2D eigenvalue weighted by Gasteiger charge is -2.26. The van der Waals surface area contributed by atoms with Gasteiger partial charge in [-0.25, -0.2) is 0 Å². The molecule has 1 atom stereocenters. The number of allylic oxidation sites excluding steroid dienone is 3. The van der Waals surface area contributed by atoms with Crippen LogP contribution in [0.3, 0.4) is 0 Å². The highest BCUT2D eigenvalue weighted by molar-refractivity contribution is 7.99. The van der Waals surface area contributed by atoms with E-state index in [2.05, 4.69) is 51.6 Å². The third-order valence-electron chi connectivity index (χ3n) is 5.87. The zero-order valence-corrected chi connectivity index (χ0v) is 18.2. The van der Waals surface area contributed by atoms with Crippen LogP contribution in [0, 0.1) is 5.92 Å². The van der Waals surface area contributed by atoms with Gasteiger partial charge in [-0.05, 0) is 75.5 Å². The molecular formula is C22H38N2S2. The Balaban J connectivity index is 1.19. The maximum absolute atomic E-state index is 2.66. The minimum Gasteiger partial charge on any atom is -0.303 e. The lowest BCUT2D eigenvalue weighted by molar-refractivity contribution is 0.242. The Hall–Kier alpha value is 0.1000. The molecule has 0 spiro atoms. The van der Waals surface area contributed by atoms with Crippen molar-refractivity contribution in [2.24, 2.45) is 5.92 Å². The highest BCUT2D eigenvalue weighted by Gasteiger charge is 2.12. The van der Waals surface area contributed by atoms with E-state index < -0.39 is 0 Å². The van der Waals surface area contributed by atoms with Crippen molar-refractivity contribution in [3.8, 4) is 0 Å². The molecule has 0 radical (unpaired) electrons. The van der Waals surface area contributed by atoms with E-state index in [1.165, 1.54) is 107 Å². The van der Waals surface area contributed by atoms with E-state index in [9.17, 15) is 0 Å². The second-order valence-electron chi connectivity index (χ2n) is 8.07. The van der Waals surface area contributed by atoms with Crippen molar-refractivity contribution >= 4 is 23.5 Å². The molecule has 2 saturated heterocycles. The Morgan fingerprint density at radius 2 is 1.42 bits per heavy atom. The summed E-state index contributed by atoms with van der Waals surface area (Å²) in [5, 5.41) is 0. The summed E-state index contributed by atoms with van der Waals surface area (Å²) in [7, 11) is 0. The Bertz CT molecular complexity index is 437. The highest BCUT2D eigenvalue weighted by Crippen LogP contribution is 2.23. The van der Waals surface area contributed by atoms with E-state index in [1.54, 1.807) is 5.57 Å². The van der Waals surface area contributed by atoms with Crippen LogP contribution in [0.2, 0.25) is 0 Å². The van der Waals surface area contributed by atoms with Crippen LogP contribution in [-0.2, 0) is 0 Å². The first kappa shape index (κ1) is 20.8. The van der Waals surface area contributed by atoms with E-state index in [0.717, 1.165) is 5.92 Å². The van der Waals surface area contributed by atoms with Crippen molar-refractivity contribution in [3.63, 3.8) is 0 Å². The zero-order valence-electron chi connectivity index (χ0n) is 16.5. The minimum absolute atomic E-state index is 0.767. The average Bonchev–Trinajstić information content (AvgIpc) is 2.71. The third kappa shape index (κ3) is 8.00. The molecule has 1 unspecified atom stereocenters. The maximum Gasteiger partial charge on any atom is 0.0181 e. The molecule has 3 rings (SSSR count). The molecule has 3 aliphatic rings. The molecule has 2 fully saturated rings. The number of thioether (sulfide) groups is 2. The van der Waals surface area contributed by atoms with E-state index >= 15 is 0 Å². The smallest absolute Gasteiger partial charge is 0.0181 e. The number of rotatable bonds is 10. The molecule has 2 heterocycles. The molecule has 148 valence electrons. The van der Waals surface area contributed by atoms with Crippen LogP contribution in [0.25, 0.3) is 0 Å². The van der Waals surface area contributed by atoms with Gasteiger partial charge in [0.2, 0.25) is 0 Å².